The highest BCUT2D eigenvalue weighted by Gasteiger charge is 2.27. The Kier molecular flexibility index (Phi) is 6.90. The van der Waals surface area contributed by atoms with E-state index in [-0.39, 0.29) is 11.4 Å². The summed E-state index contributed by atoms with van der Waals surface area (Å²) in [4.78, 5) is 12.9. The molecular formula is C24H26N2O3S. The van der Waals surface area contributed by atoms with Crippen molar-refractivity contribution in [3.8, 4) is 0 Å². The minimum absolute atomic E-state index is 0.143. The maximum Gasteiger partial charge on any atom is 0.264 e. The second-order valence-electron chi connectivity index (χ2n) is 6.94. The van der Waals surface area contributed by atoms with Crippen LogP contribution in [0.25, 0.3) is 0 Å². The smallest absolute Gasteiger partial charge is 0.264 e. The van der Waals surface area contributed by atoms with E-state index >= 15 is 0 Å². The van der Waals surface area contributed by atoms with Crippen molar-refractivity contribution in [1.29, 1.82) is 0 Å². The monoisotopic (exact) mass is 422 g/mol. The molecule has 0 fully saturated rings. The molecule has 0 spiro atoms. The van der Waals surface area contributed by atoms with Crippen molar-refractivity contribution >= 4 is 27.3 Å². The molecule has 0 saturated carbocycles. The average Bonchev–Trinajstić information content (AvgIpc) is 2.78. The van der Waals surface area contributed by atoms with E-state index in [0.717, 1.165) is 28.3 Å². The molecule has 1 amide bonds. The summed E-state index contributed by atoms with van der Waals surface area (Å²) in [5.74, 6) is -0.404. The number of nitrogens with one attached hydrogen (secondary N) is 1. The molecule has 0 atom stereocenters. The summed E-state index contributed by atoms with van der Waals surface area (Å²) >= 11 is 0. The minimum Gasteiger partial charge on any atom is -0.325 e. The number of rotatable bonds is 8. The van der Waals surface area contributed by atoms with Gasteiger partial charge in [-0.15, -0.1) is 0 Å². The lowest BCUT2D eigenvalue weighted by Crippen LogP contribution is -2.38. The molecular weight excluding hydrogens is 396 g/mol. The molecule has 30 heavy (non-hydrogen) atoms. The lowest BCUT2D eigenvalue weighted by atomic mass is 10.1. The van der Waals surface area contributed by atoms with Crippen LogP contribution < -0.4 is 9.62 Å². The summed E-state index contributed by atoms with van der Waals surface area (Å²) in [6.07, 6.45) is 1.75. The molecule has 0 aliphatic carbocycles. The number of hydrogen-bond acceptors (Lipinski definition) is 3. The molecule has 0 aromatic heterocycles. The Labute approximate surface area is 178 Å². The van der Waals surface area contributed by atoms with Gasteiger partial charge in [-0.05, 0) is 60.4 Å². The number of hydrogen-bond donors (Lipinski definition) is 1. The van der Waals surface area contributed by atoms with Gasteiger partial charge in [0.1, 0.15) is 6.54 Å². The van der Waals surface area contributed by atoms with E-state index < -0.39 is 15.9 Å². The van der Waals surface area contributed by atoms with Crippen LogP contribution in [0.3, 0.4) is 0 Å². The van der Waals surface area contributed by atoms with Gasteiger partial charge in [-0.1, -0.05) is 56.3 Å². The molecule has 0 saturated heterocycles. The van der Waals surface area contributed by atoms with Crippen LogP contribution in [-0.4, -0.2) is 20.9 Å². The zero-order valence-corrected chi connectivity index (χ0v) is 18.0. The molecule has 1 N–H and O–H groups in total. The number of carbonyl (C=O) groups excluding carboxylic acids is 1. The van der Waals surface area contributed by atoms with Crippen molar-refractivity contribution in [3.63, 3.8) is 0 Å². The zero-order valence-electron chi connectivity index (χ0n) is 17.2. The summed E-state index contributed by atoms with van der Waals surface area (Å²) in [6.45, 7) is 3.77. The van der Waals surface area contributed by atoms with Gasteiger partial charge < -0.3 is 5.32 Å². The molecule has 0 aliphatic heterocycles. The summed E-state index contributed by atoms with van der Waals surface area (Å²) in [5.41, 5.74) is 3.34. The van der Waals surface area contributed by atoms with E-state index in [4.69, 9.17) is 0 Å². The van der Waals surface area contributed by atoms with Crippen molar-refractivity contribution in [2.24, 2.45) is 0 Å². The Morgan fingerprint density at radius 3 is 1.87 bits per heavy atom. The highest BCUT2D eigenvalue weighted by Crippen LogP contribution is 2.24. The number of aryl methyl sites for hydroxylation is 2. The maximum atomic E-state index is 13.3. The maximum absolute atomic E-state index is 13.3. The predicted octanol–water partition coefficient (Wildman–Crippen LogP) is 4.65. The van der Waals surface area contributed by atoms with Gasteiger partial charge in [-0.2, -0.15) is 0 Å². The average molecular weight is 423 g/mol. The first-order valence-corrected chi connectivity index (χ1v) is 11.4. The molecule has 0 aliphatic rings. The quantitative estimate of drug-likeness (QED) is 0.575. The first-order chi connectivity index (χ1) is 14.4. The van der Waals surface area contributed by atoms with Crippen molar-refractivity contribution in [1.82, 2.24) is 0 Å². The second kappa shape index (κ2) is 9.59. The molecule has 3 aromatic carbocycles. The van der Waals surface area contributed by atoms with Crippen LogP contribution in [0.2, 0.25) is 0 Å². The number of benzene rings is 3. The van der Waals surface area contributed by atoms with E-state index in [9.17, 15) is 13.2 Å². The fraction of sp³-hybridized carbons (Fsp3) is 0.208. The molecule has 0 radical (unpaired) electrons. The molecule has 0 unspecified atom stereocenters. The third kappa shape index (κ3) is 5.07. The van der Waals surface area contributed by atoms with Crippen LogP contribution in [0.15, 0.2) is 83.8 Å². The fourth-order valence-electron chi connectivity index (χ4n) is 3.09. The third-order valence-corrected chi connectivity index (χ3v) is 6.69. The van der Waals surface area contributed by atoms with E-state index in [1.54, 1.807) is 30.3 Å². The Bertz CT molecular complexity index is 1080. The topological polar surface area (TPSA) is 66.5 Å². The van der Waals surface area contributed by atoms with E-state index in [2.05, 4.69) is 12.2 Å². The SMILES string of the molecule is CCc1ccc(NC(=O)CN(c2ccc(CC)cc2)S(=O)(=O)c2ccccc2)cc1. The van der Waals surface area contributed by atoms with Crippen molar-refractivity contribution < 1.29 is 13.2 Å². The van der Waals surface area contributed by atoms with Gasteiger partial charge in [-0.3, -0.25) is 9.10 Å². The van der Waals surface area contributed by atoms with Crippen LogP contribution in [0.4, 0.5) is 11.4 Å². The summed E-state index contributed by atoms with van der Waals surface area (Å²) in [5, 5.41) is 2.79. The van der Waals surface area contributed by atoms with Crippen molar-refractivity contribution in [2.75, 3.05) is 16.2 Å². The van der Waals surface area contributed by atoms with Crippen molar-refractivity contribution in [2.45, 2.75) is 31.6 Å². The Hall–Kier alpha value is -3.12. The predicted molar refractivity (Wildman–Crippen MR) is 121 cm³/mol. The van der Waals surface area contributed by atoms with Crippen LogP contribution in [0, 0.1) is 0 Å². The van der Waals surface area contributed by atoms with Gasteiger partial charge in [0.2, 0.25) is 5.91 Å². The van der Waals surface area contributed by atoms with Crippen molar-refractivity contribution in [3.05, 3.63) is 90.0 Å². The molecule has 5 nitrogen and oxygen atoms in total. The molecule has 0 bridgehead atoms. The van der Waals surface area contributed by atoms with Gasteiger partial charge in [-0.25, -0.2) is 8.42 Å². The molecule has 3 rings (SSSR count). The van der Waals surface area contributed by atoms with E-state index in [1.165, 1.54) is 12.1 Å². The Morgan fingerprint density at radius 2 is 1.33 bits per heavy atom. The first-order valence-electron chi connectivity index (χ1n) is 9.99. The number of sulfonamides is 1. The summed E-state index contributed by atoms with van der Waals surface area (Å²) < 4.78 is 27.8. The fourth-order valence-corrected chi connectivity index (χ4v) is 4.53. The molecule has 156 valence electrons. The lowest BCUT2D eigenvalue weighted by molar-refractivity contribution is -0.114. The van der Waals surface area contributed by atoms with Crippen LogP contribution in [0.5, 0.6) is 0 Å². The number of anilines is 2. The Balaban J connectivity index is 1.89. The zero-order chi connectivity index (χ0) is 21.6. The third-order valence-electron chi connectivity index (χ3n) is 4.90. The van der Waals surface area contributed by atoms with Crippen LogP contribution in [0.1, 0.15) is 25.0 Å². The number of carbonyl (C=O) groups is 1. The van der Waals surface area contributed by atoms with E-state index in [0.29, 0.717) is 11.4 Å². The minimum atomic E-state index is -3.90. The Morgan fingerprint density at radius 1 is 0.800 bits per heavy atom. The first kappa shape index (κ1) is 21.6. The second-order valence-corrected chi connectivity index (χ2v) is 8.81. The molecule has 3 aromatic rings. The van der Waals surface area contributed by atoms with Gasteiger partial charge >= 0.3 is 0 Å². The normalized spacial score (nSPS) is 11.1. The standard InChI is InChI=1S/C24H26N2O3S/c1-3-19-10-14-21(15-11-19)25-24(27)18-26(22-16-12-20(4-2)13-17-22)30(28,29)23-8-6-5-7-9-23/h5-17H,3-4,18H2,1-2H3,(H,25,27). The highest BCUT2D eigenvalue weighted by molar-refractivity contribution is 7.92. The number of nitrogens with zero attached hydrogens (tertiary/aromatic N) is 1. The van der Waals surface area contributed by atoms with Gasteiger partial charge in [0.05, 0.1) is 10.6 Å². The molecule has 6 heteroatoms. The van der Waals surface area contributed by atoms with E-state index in [1.807, 2.05) is 43.3 Å². The lowest BCUT2D eigenvalue weighted by Gasteiger charge is -2.24. The molecule has 0 heterocycles. The summed E-state index contributed by atoms with van der Waals surface area (Å²) in [7, 11) is -3.90. The van der Waals surface area contributed by atoms with Gasteiger partial charge in [0.25, 0.3) is 10.0 Å². The number of amides is 1. The summed E-state index contributed by atoms with van der Waals surface area (Å²) in [6, 6.07) is 22.9. The largest absolute Gasteiger partial charge is 0.325 e. The van der Waals surface area contributed by atoms with Gasteiger partial charge in [0.15, 0.2) is 0 Å². The highest BCUT2D eigenvalue weighted by atomic mass is 32.2. The van der Waals surface area contributed by atoms with Crippen LogP contribution in [-0.2, 0) is 27.7 Å². The van der Waals surface area contributed by atoms with Gasteiger partial charge in [0, 0.05) is 5.69 Å². The van der Waals surface area contributed by atoms with Crippen LogP contribution >= 0.6 is 0 Å².